The van der Waals surface area contributed by atoms with Crippen LogP contribution < -0.4 is 5.48 Å². The molecule has 1 heterocycles. The number of halogens is 1. The Morgan fingerprint density at radius 2 is 2.00 bits per heavy atom. The van der Waals surface area contributed by atoms with Gasteiger partial charge in [-0.05, 0) is 29.3 Å². The van der Waals surface area contributed by atoms with Crippen LogP contribution in [0.5, 0.6) is 0 Å². The smallest absolute Gasteiger partial charge is 0.349 e. The molecule has 0 amide bonds. The molecule has 0 fully saturated rings. The SMILES string of the molecule is CCONC(CC)=C1C(=O)OC(CC)=C(Br)C1=O. The average molecular weight is 318 g/mol. The van der Waals surface area contributed by atoms with Gasteiger partial charge in [-0.3, -0.25) is 15.1 Å². The standard InChI is InChI=1S/C12H16BrNO4/c1-4-7(14-17-6-3)9-11(15)10(13)8(5-2)18-12(9)16/h14H,4-6H2,1-3H3. The van der Waals surface area contributed by atoms with Crippen LogP contribution in [0.15, 0.2) is 21.5 Å². The highest BCUT2D eigenvalue weighted by Gasteiger charge is 2.33. The minimum Gasteiger partial charge on any atom is -0.426 e. The quantitative estimate of drug-likeness (QED) is 0.365. The van der Waals surface area contributed by atoms with Gasteiger partial charge in [-0.25, -0.2) is 4.79 Å². The Hall–Kier alpha value is -1.14. The summed E-state index contributed by atoms with van der Waals surface area (Å²) in [5.41, 5.74) is 3.04. The number of rotatable bonds is 5. The molecule has 0 aromatic heterocycles. The molecule has 0 radical (unpaired) electrons. The molecule has 18 heavy (non-hydrogen) atoms. The molecule has 0 saturated carbocycles. The van der Waals surface area contributed by atoms with Crippen LogP contribution in [0.3, 0.4) is 0 Å². The number of Topliss-reactive ketones (excluding diaryl/α,β-unsaturated/α-hetero) is 1. The molecule has 0 bridgehead atoms. The summed E-state index contributed by atoms with van der Waals surface area (Å²) in [6.07, 6.45) is 0.948. The van der Waals surface area contributed by atoms with E-state index in [0.717, 1.165) is 0 Å². The fourth-order valence-electron chi connectivity index (χ4n) is 1.48. The zero-order chi connectivity index (χ0) is 13.7. The van der Waals surface area contributed by atoms with Gasteiger partial charge >= 0.3 is 5.97 Å². The second kappa shape index (κ2) is 6.70. The second-order valence-corrected chi connectivity index (χ2v) is 4.34. The zero-order valence-electron chi connectivity index (χ0n) is 10.6. The second-order valence-electron chi connectivity index (χ2n) is 3.55. The minimum absolute atomic E-state index is 0.00461. The van der Waals surface area contributed by atoms with E-state index in [2.05, 4.69) is 21.4 Å². The van der Waals surface area contributed by atoms with Gasteiger partial charge in [0, 0.05) is 6.42 Å². The number of allylic oxidation sites excluding steroid dienone is 3. The van der Waals surface area contributed by atoms with Gasteiger partial charge in [-0.1, -0.05) is 13.8 Å². The summed E-state index contributed by atoms with van der Waals surface area (Å²) >= 11 is 3.16. The highest BCUT2D eigenvalue weighted by atomic mass is 79.9. The van der Waals surface area contributed by atoms with E-state index in [4.69, 9.17) is 9.57 Å². The van der Waals surface area contributed by atoms with Crippen molar-refractivity contribution in [2.75, 3.05) is 6.61 Å². The molecule has 0 atom stereocenters. The molecule has 0 aromatic carbocycles. The molecule has 0 spiro atoms. The van der Waals surface area contributed by atoms with Gasteiger partial charge in [0.05, 0.1) is 12.3 Å². The molecular weight excluding hydrogens is 302 g/mol. The van der Waals surface area contributed by atoms with E-state index in [0.29, 0.717) is 35.4 Å². The summed E-state index contributed by atoms with van der Waals surface area (Å²) in [7, 11) is 0. The number of carbonyl (C=O) groups excluding carboxylic acids is 2. The first-order chi connectivity index (χ1) is 8.56. The van der Waals surface area contributed by atoms with Crippen LogP contribution in [0.2, 0.25) is 0 Å². The van der Waals surface area contributed by atoms with Crippen molar-refractivity contribution < 1.29 is 19.2 Å². The number of hydrogen-bond acceptors (Lipinski definition) is 5. The molecule has 6 heteroatoms. The van der Waals surface area contributed by atoms with Crippen LogP contribution in [0.1, 0.15) is 33.6 Å². The molecule has 0 aromatic rings. The van der Waals surface area contributed by atoms with Crippen molar-refractivity contribution in [3.63, 3.8) is 0 Å². The van der Waals surface area contributed by atoms with Crippen LogP contribution >= 0.6 is 15.9 Å². The third-order valence-electron chi connectivity index (χ3n) is 2.41. The molecule has 1 aliphatic rings. The Morgan fingerprint density at radius 1 is 1.33 bits per heavy atom. The number of ether oxygens (including phenoxy) is 1. The van der Waals surface area contributed by atoms with Crippen LogP contribution in [0, 0.1) is 0 Å². The lowest BCUT2D eigenvalue weighted by molar-refractivity contribution is -0.138. The van der Waals surface area contributed by atoms with Gasteiger partial charge in [0.25, 0.3) is 0 Å². The number of esters is 1. The van der Waals surface area contributed by atoms with E-state index < -0.39 is 5.97 Å². The molecular formula is C12H16BrNO4. The fraction of sp³-hybridized carbons (Fsp3) is 0.500. The first kappa shape index (κ1) is 14.9. The van der Waals surface area contributed by atoms with E-state index in [1.165, 1.54) is 0 Å². The van der Waals surface area contributed by atoms with Crippen molar-refractivity contribution >= 4 is 27.7 Å². The lowest BCUT2D eigenvalue weighted by Crippen LogP contribution is -2.28. The number of nitrogens with one attached hydrogen (secondary N) is 1. The summed E-state index contributed by atoms with van der Waals surface area (Å²) in [4.78, 5) is 29.0. The lowest BCUT2D eigenvalue weighted by Gasteiger charge is -2.19. The number of ketones is 1. The third kappa shape index (κ3) is 3.00. The Labute approximate surface area is 114 Å². The maximum absolute atomic E-state index is 12.1. The van der Waals surface area contributed by atoms with Crippen molar-refractivity contribution in [2.45, 2.75) is 33.6 Å². The minimum atomic E-state index is -0.635. The first-order valence-electron chi connectivity index (χ1n) is 5.83. The Bertz CT molecular complexity index is 426. The van der Waals surface area contributed by atoms with E-state index in [9.17, 15) is 9.59 Å². The van der Waals surface area contributed by atoms with Gasteiger partial charge in [0.15, 0.2) is 0 Å². The summed E-state index contributed by atoms with van der Waals surface area (Å²) in [6.45, 7) is 5.86. The largest absolute Gasteiger partial charge is 0.426 e. The van der Waals surface area contributed by atoms with E-state index in [1.54, 1.807) is 6.92 Å². The van der Waals surface area contributed by atoms with Crippen molar-refractivity contribution in [2.24, 2.45) is 0 Å². The molecule has 1 aliphatic heterocycles. The monoisotopic (exact) mass is 317 g/mol. The highest BCUT2D eigenvalue weighted by Crippen LogP contribution is 2.29. The predicted octanol–water partition coefficient (Wildman–Crippen LogP) is 2.33. The summed E-state index contributed by atoms with van der Waals surface area (Å²) < 4.78 is 5.41. The van der Waals surface area contributed by atoms with Gasteiger partial charge in [-0.2, -0.15) is 0 Å². The van der Waals surface area contributed by atoms with Crippen LogP contribution in [-0.2, 0) is 19.2 Å². The Morgan fingerprint density at radius 3 is 2.50 bits per heavy atom. The van der Waals surface area contributed by atoms with Gasteiger partial charge in [-0.15, -0.1) is 0 Å². The number of hydrogen-bond donors (Lipinski definition) is 1. The van der Waals surface area contributed by atoms with E-state index in [-0.39, 0.29) is 11.4 Å². The van der Waals surface area contributed by atoms with Gasteiger partial charge < -0.3 is 4.74 Å². The van der Waals surface area contributed by atoms with Crippen molar-refractivity contribution in [1.82, 2.24) is 5.48 Å². The molecule has 0 aliphatic carbocycles. The first-order valence-corrected chi connectivity index (χ1v) is 6.62. The van der Waals surface area contributed by atoms with Crippen molar-refractivity contribution in [1.29, 1.82) is 0 Å². The van der Waals surface area contributed by atoms with Crippen LogP contribution in [0.25, 0.3) is 0 Å². The molecule has 0 unspecified atom stereocenters. The molecule has 5 nitrogen and oxygen atoms in total. The molecule has 0 saturated heterocycles. The number of carbonyl (C=O) groups is 2. The van der Waals surface area contributed by atoms with Gasteiger partial charge in [0.1, 0.15) is 15.8 Å². The van der Waals surface area contributed by atoms with Crippen molar-refractivity contribution in [3.05, 3.63) is 21.5 Å². The predicted molar refractivity (Wildman–Crippen MR) is 69.4 cm³/mol. The van der Waals surface area contributed by atoms with Crippen molar-refractivity contribution in [3.8, 4) is 0 Å². The number of cyclic esters (lactones) is 1. The molecule has 100 valence electrons. The third-order valence-corrected chi connectivity index (χ3v) is 3.21. The van der Waals surface area contributed by atoms with E-state index >= 15 is 0 Å². The normalized spacial score (nSPS) is 18.9. The maximum atomic E-state index is 12.1. The Kier molecular flexibility index (Phi) is 5.55. The average Bonchev–Trinajstić information content (AvgIpc) is 2.37. The summed E-state index contributed by atoms with van der Waals surface area (Å²) in [5, 5.41) is 0. The lowest BCUT2D eigenvalue weighted by atomic mass is 10.0. The summed E-state index contributed by atoms with van der Waals surface area (Å²) in [5.74, 6) is -0.642. The topological polar surface area (TPSA) is 64.6 Å². The van der Waals surface area contributed by atoms with E-state index in [1.807, 2.05) is 13.8 Å². The fourth-order valence-corrected chi connectivity index (χ4v) is 2.04. The molecule has 1 N–H and O–H groups in total. The van der Waals surface area contributed by atoms with Crippen LogP contribution in [-0.4, -0.2) is 18.4 Å². The highest BCUT2D eigenvalue weighted by molar-refractivity contribution is 9.12. The van der Waals surface area contributed by atoms with Crippen LogP contribution in [0.4, 0.5) is 0 Å². The summed E-state index contributed by atoms with van der Waals surface area (Å²) in [6, 6.07) is 0. The molecule has 1 rings (SSSR count). The van der Waals surface area contributed by atoms with Gasteiger partial charge in [0.2, 0.25) is 5.78 Å². The maximum Gasteiger partial charge on any atom is 0.349 e. The zero-order valence-corrected chi connectivity index (χ0v) is 12.2. The number of hydroxylamine groups is 1. The Balaban J connectivity index is 3.16.